The van der Waals surface area contributed by atoms with E-state index in [0.717, 1.165) is 34.1 Å². The fourth-order valence-corrected chi connectivity index (χ4v) is 4.17. The van der Waals surface area contributed by atoms with Crippen molar-refractivity contribution in [1.82, 2.24) is 14.9 Å². The number of ether oxygens (including phenoxy) is 2. The van der Waals surface area contributed by atoms with E-state index in [1.807, 2.05) is 89.8 Å². The lowest BCUT2D eigenvalue weighted by molar-refractivity contribution is -0.130. The fraction of sp³-hybridized carbons (Fsp3) is 0.207. The Morgan fingerprint density at radius 3 is 2.17 bits per heavy atom. The molecular formula is C29H28N4O3. The molecule has 1 fully saturated rings. The molecule has 0 radical (unpaired) electrons. The summed E-state index contributed by atoms with van der Waals surface area (Å²) in [5.74, 6) is 3.18. The van der Waals surface area contributed by atoms with Crippen LogP contribution in [-0.2, 0) is 11.2 Å². The van der Waals surface area contributed by atoms with E-state index < -0.39 is 0 Å². The number of methoxy groups -OCH3 is 1. The number of anilines is 1. The van der Waals surface area contributed by atoms with Crippen LogP contribution in [0.1, 0.15) is 5.56 Å². The highest BCUT2D eigenvalue weighted by molar-refractivity contribution is 5.79. The van der Waals surface area contributed by atoms with Crippen molar-refractivity contribution < 1.29 is 14.3 Å². The highest BCUT2D eigenvalue weighted by atomic mass is 16.5. The number of hydrogen-bond acceptors (Lipinski definition) is 6. The lowest BCUT2D eigenvalue weighted by atomic mass is 10.1. The predicted molar refractivity (Wildman–Crippen MR) is 139 cm³/mol. The molecule has 0 bridgehead atoms. The Hall–Kier alpha value is -4.39. The number of carbonyl (C=O) groups excluding carboxylic acids is 1. The third-order valence-corrected chi connectivity index (χ3v) is 6.20. The molecule has 0 N–H and O–H groups in total. The van der Waals surface area contributed by atoms with Gasteiger partial charge in [0, 0.05) is 37.9 Å². The molecular weight excluding hydrogens is 452 g/mol. The Morgan fingerprint density at radius 1 is 0.806 bits per heavy atom. The van der Waals surface area contributed by atoms with E-state index in [1.165, 1.54) is 0 Å². The van der Waals surface area contributed by atoms with E-state index in [2.05, 4.69) is 9.88 Å². The lowest BCUT2D eigenvalue weighted by Gasteiger charge is -2.35. The second-order valence-electron chi connectivity index (χ2n) is 8.57. The summed E-state index contributed by atoms with van der Waals surface area (Å²) in [4.78, 5) is 26.1. The maximum Gasteiger partial charge on any atom is 0.227 e. The van der Waals surface area contributed by atoms with E-state index in [0.29, 0.717) is 38.5 Å². The molecule has 5 rings (SSSR count). The third kappa shape index (κ3) is 5.63. The Morgan fingerprint density at radius 2 is 1.47 bits per heavy atom. The average molecular weight is 481 g/mol. The molecule has 0 atom stereocenters. The van der Waals surface area contributed by atoms with Crippen molar-refractivity contribution in [2.75, 3.05) is 38.2 Å². The summed E-state index contributed by atoms with van der Waals surface area (Å²) in [6.07, 6.45) is 2.17. The number of benzene rings is 3. The van der Waals surface area contributed by atoms with Crippen molar-refractivity contribution in [2.45, 2.75) is 6.42 Å². The van der Waals surface area contributed by atoms with E-state index >= 15 is 0 Å². The molecule has 0 spiro atoms. The second-order valence-corrected chi connectivity index (χ2v) is 8.57. The highest BCUT2D eigenvalue weighted by Crippen LogP contribution is 2.26. The minimum absolute atomic E-state index is 0.132. The Kier molecular flexibility index (Phi) is 7.07. The molecule has 182 valence electrons. The monoisotopic (exact) mass is 480 g/mol. The van der Waals surface area contributed by atoms with E-state index in [1.54, 1.807) is 13.3 Å². The fourth-order valence-electron chi connectivity index (χ4n) is 4.17. The van der Waals surface area contributed by atoms with Gasteiger partial charge in [-0.1, -0.05) is 30.3 Å². The van der Waals surface area contributed by atoms with E-state index in [4.69, 9.17) is 14.5 Å². The van der Waals surface area contributed by atoms with Crippen LogP contribution >= 0.6 is 0 Å². The SMILES string of the molecule is COc1ccc(CC(=O)N2CCN(c3nccc(-c4ccc(Oc5ccccc5)cc4)n3)CC2)cc1. The summed E-state index contributed by atoms with van der Waals surface area (Å²) < 4.78 is 11.1. The number of rotatable bonds is 7. The van der Waals surface area contributed by atoms with Gasteiger partial charge in [0.15, 0.2) is 0 Å². The normalized spacial score (nSPS) is 13.4. The molecule has 1 saturated heterocycles. The van der Waals surface area contributed by atoms with Crippen LogP contribution in [0.3, 0.4) is 0 Å². The molecule has 1 aliphatic rings. The van der Waals surface area contributed by atoms with Crippen LogP contribution in [0.15, 0.2) is 91.1 Å². The summed E-state index contributed by atoms with van der Waals surface area (Å²) in [6.45, 7) is 2.69. The van der Waals surface area contributed by atoms with Gasteiger partial charge in [-0.2, -0.15) is 0 Å². The van der Waals surface area contributed by atoms with Gasteiger partial charge in [-0.25, -0.2) is 9.97 Å². The van der Waals surface area contributed by atoms with Gasteiger partial charge in [-0.05, 0) is 60.2 Å². The summed E-state index contributed by atoms with van der Waals surface area (Å²) in [6, 6.07) is 27.1. The van der Waals surface area contributed by atoms with Gasteiger partial charge in [-0.15, -0.1) is 0 Å². The van der Waals surface area contributed by atoms with Crippen molar-refractivity contribution >= 4 is 11.9 Å². The molecule has 0 aliphatic carbocycles. The summed E-state index contributed by atoms with van der Waals surface area (Å²) in [5, 5.41) is 0. The van der Waals surface area contributed by atoms with Crippen molar-refractivity contribution in [2.24, 2.45) is 0 Å². The zero-order chi connectivity index (χ0) is 24.7. The topological polar surface area (TPSA) is 67.8 Å². The molecule has 1 amide bonds. The molecule has 3 aromatic carbocycles. The minimum atomic E-state index is 0.132. The maximum atomic E-state index is 12.8. The average Bonchev–Trinajstić information content (AvgIpc) is 2.94. The number of para-hydroxylation sites is 1. The first-order valence-electron chi connectivity index (χ1n) is 12.0. The zero-order valence-electron chi connectivity index (χ0n) is 20.2. The molecule has 7 heteroatoms. The first kappa shape index (κ1) is 23.4. The number of piperazine rings is 1. The highest BCUT2D eigenvalue weighted by Gasteiger charge is 2.23. The lowest BCUT2D eigenvalue weighted by Crippen LogP contribution is -2.49. The van der Waals surface area contributed by atoms with Crippen LogP contribution in [0.5, 0.6) is 17.2 Å². The van der Waals surface area contributed by atoms with Crippen LogP contribution in [0.25, 0.3) is 11.3 Å². The summed E-state index contributed by atoms with van der Waals surface area (Å²) >= 11 is 0. The Bertz CT molecular complexity index is 1290. The standard InChI is InChI=1S/C29H28N4O3/c1-35-24-11-7-22(8-12-24)21-28(34)32-17-19-33(20-18-32)29-30-16-15-27(31-29)23-9-13-26(14-10-23)36-25-5-3-2-4-6-25/h2-16H,17-21H2,1H3. The van der Waals surface area contributed by atoms with Gasteiger partial charge in [0.25, 0.3) is 0 Å². The van der Waals surface area contributed by atoms with Crippen molar-refractivity contribution in [3.63, 3.8) is 0 Å². The van der Waals surface area contributed by atoms with Gasteiger partial charge in [-0.3, -0.25) is 4.79 Å². The van der Waals surface area contributed by atoms with Crippen molar-refractivity contribution in [1.29, 1.82) is 0 Å². The molecule has 2 heterocycles. The molecule has 36 heavy (non-hydrogen) atoms. The molecule has 0 unspecified atom stereocenters. The van der Waals surface area contributed by atoms with Crippen molar-refractivity contribution in [3.8, 4) is 28.5 Å². The molecule has 7 nitrogen and oxygen atoms in total. The number of carbonyl (C=O) groups is 1. The number of amides is 1. The van der Waals surface area contributed by atoms with Gasteiger partial charge in [0.1, 0.15) is 17.2 Å². The molecule has 0 saturated carbocycles. The first-order valence-corrected chi connectivity index (χ1v) is 12.0. The van der Waals surface area contributed by atoms with Gasteiger partial charge in [0.05, 0.1) is 19.2 Å². The number of nitrogens with zero attached hydrogens (tertiary/aromatic N) is 4. The van der Waals surface area contributed by atoms with E-state index in [9.17, 15) is 4.79 Å². The molecule has 1 aliphatic heterocycles. The van der Waals surface area contributed by atoms with E-state index in [-0.39, 0.29) is 5.91 Å². The van der Waals surface area contributed by atoms with Crippen LogP contribution < -0.4 is 14.4 Å². The van der Waals surface area contributed by atoms with Crippen molar-refractivity contribution in [3.05, 3.63) is 96.7 Å². The zero-order valence-corrected chi connectivity index (χ0v) is 20.2. The van der Waals surface area contributed by atoms with Gasteiger partial charge in [0.2, 0.25) is 11.9 Å². The smallest absolute Gasteiger partial charge is 0.227 e. The van der Waals surface area contributed by atoms with Gasteiger partial charge >= 0.3 is 0 Å². The number of aromatic nitrogens is 2. The van der Waals surface area contributed by atoms with Crippen LogP contribution in [-0.4, -0.2) is 54.1 Å². The second kappa shape index (κ2) is 10.9. The summed E-state index contributed by atoms with van der Waals surface area (Å²) in [7, 11) is 1.64. The Labute approximate surface area is 210 Å². The van der Waals surface area contributed by atoms with Gasteiger partial charge < -0.3 is 19.3 Å². The maximum absolute atomic E-state index is 12.8. The van der Waals surface area contributed by atoms with Crippen LogP contribution in [0.4, 0.5) is 5.95 Å². The largest absolute Gasteiger partial charge is 0.497 e. The quantitative estimate of drug-likeness (QED) is 0.377. The van der Waals surface area contributed by atoms with Crippen LogP contribution in [0, 0.1) is 0 Å². The first-order chi connectivity index (χ1) is 17.7. The minimum Gasteiger partial charge on any atom is -0.497 e. The number of hydrogen-bond donors (Lipinski definition) is 0. The molecule has 4 aromatic rings. The van der Waals surface area contributed by atoms with Crippen LogP contribution in [0.2, 0.25) is 0 Å². The molecule has 1 aromatic heterocycles. The third-order valence-electron chi connectivity index (χ3n) is 6.20. The summed E-state index contributed by atoms with van der Waals surface area (Å²) in [5.41, 5.74) is 2.83. The predicted octanol–water partition coefficient (Wildman–Crippen LogP) is 4.84. The Balaban J connectivity index is 1.18.